The molecule has 0 bridgehead atoms. The first-order valence-corrected chi connectivity index (χ1v) is 15.5. The van der Waals surface area contributed by atoms with E-state index in [-0.39, 0.29) is 24.1 Å². The van der Waals surface area contributed by atoms with Crippen molar-refractivity contribution in [2.24, 2.45) is 5.92 Å². The molecule has 1 unspecified atom stereocenters. The van der Waals surface area contributed by atoms with E-state index in [4.69, 9.17) is 0 Å². The number of nitrogens with one attached hydrogen (secondary N) is 2. The number of piperidine rings is 2. The van der Waals surface area contributed by atoms with Gasteiger partial charge in [-0.3, -0.25) is 19.7 Å². The highest BCUT2D eigenvalue weighted by atomic mass is 19.4. The molecule has 2 aromatic carbocycles. The van der Waals surface area contributed by atoms with E-state index in [0.717, 1.165) is 29.7 Å². The minimum absolute atomic E-state index is 0.0227. The van der Waals surface area contributed by atoms with Gasteiger partial charge in [-0.1, -0.05) is 24.3 Å². The van der Waals surface area contributed by atoms with Crippen LogP contribution in [0.2, 0.25) is 0 Å². The van der Waals surface area contributed by atoms with Crippen molar-refractivity contribution in [1.82, 2.24) is 20.5 Å². The minimum Gasteiger partial charge on any atom is -0.378 e. The average molecular weight is 635 g/mol. The molecule has 3 amide bonds. The molecule has 3 aliphatic rings. The van der Waals surface area contributed by atoms with Gasteiger partial charge in [-0.15, -0.1) is 0 Å². The van der Waals surface area contributed by atoms with E-state index >= 15 is 0 Å². The van der Waals surface area contributed by atoms with Crippen LogP contribution in [0.4, 0.5) is 24.7 Å². The Morgan fingerprint density at radius 2 is 1.78 bits per heavy atom. The van der Waals surface area contributed by atoms with Crippen LogP contribution in [0, 0.1) is 5.92 Å². The lowest BCUT2D eigenvalue weighted by atomic mass is 9.96. The Hall–Kier alpha value is -4.45. The van der Waals surface area contributed by atoms with E-state index in [1.165, 1.54) is 17.2 Å². The smallest absolute Gasteiger partial charge is 0.378 e. The van der Waals surface area contributed by atoms with Gasteiger partial charge in [0.05, 0.1) is 5.56 Å². The largest absolute Gasteiger partial charge is 0.419 e. The fourth-order valence-electron chi connectivity index (χ4n) is 6.55. The fraction of sp³-hybridized carbons (Fsp3) is 0.412. The van der Waals surface area contributed by atoms with E-state index in [1.54, 1.807) is 17.0 Å². The monoisotopic (exact) mass is 634 g/mol. The molecule has 3 aliphatic heterocycles. The van der Waals surface area contributed by atoms with Gasteiger partial charge < -0.3 is 20.0 Å². The van der Waals surface area contributed by atoms with Crippen LogP contribution < -0.4 is 20.4 Å². The summed E-state index contributed by atoms with van der Waals surface area (Å²) >= 11 is 0. The molecule has 2 saturated heterocycles. The number of pyridine rings is 1. The first-order chi connectivity index (χ1) is 22.0. The van der Waals surface area contributed by atoms with Crippen molar-refractivity contribution in [3.05, 3.63) is 77.0 Å². The lowest BCUT2D eigenvalue weighted by Gasteiger charge is -2.34. The molecule has 0 radical (unpaired) electrons. The zero-order valence-electron chi connectivity index (χ0n) is 25.9. The van der Waals surface area contributed by atoms with Crippen molar-refractivity contribution in [2.45, 2.75) is 51.0 Å². The number of halogens is 3. The first-order valence-electron chi connectivity index (χ1n) is 15.5. The van der Waals surface area contributed by atoms with Crippen molar-refractivity contribution in [2.75, 3.05) is 43.5 Å². The van der Waals surface area contributed by atoms with Crippen molar-refractivity contribution >= 4 is 29.2 Å². The molecular weight excluding hydrogens is 597 g/mol. The summed E-state index contributed by atoms with van der Waals surface area (Å²) in [5.41, 5.74) is 3.72. The molecule has 0 saturated carbocycles. The number of benzene rings is 2. The normalized spacial score (nSPS) is 19.0. The summed E-state index contributed by atoms with van der Waals surface area (Å²) in [6.07, 6.45) is -1.00. The Kier molecular flexibility index (Phi) is 8.73. The summed E-state index contributed by atoms with van der Waals surface area (Å²) in [6.45, 7) is 2.58. The number of aromatic nitrogens is 1. The summed E-state index contributed by atoms with van der Waals surface area (Å²) in [5.74, 6) is -0.669. The van der Waals surface area contributed by atoms with E-state index in [2.05, 4.69) is 15.6 Å². The molecular formula is C34H37F3N6O3. The van der Waals surface area contributed by atoms with Crippen molar-refractivity contribution in [1.29, 1.82) is 0 Å². The third-order valence-corrected chi connectivity index (χ3v) is 9.13. The topological polar surface area (TPSA) is 97.9 Å². The predicted octanol–water partition coefficient (Wildman–Crippen LogP) is 4.60. The van der Waals surface area contributed by atoms with Crippen LogP contribution in [-0.4, -0.2) is 67.4 Å². The fourth-order valence-corrected chi connectivity index (χ4v) is 6.55. The van der Waals surface area contributed by atoms with E-state index in [1.807, 2.05) is 49.3 Å². The molecule has 3 aromatic rings. The first kappa shape index (κ1) is 31.5. The SMILES string of the molecule is CN(C)c1cccc(-c2cnc(N3CCC(CNCc4ccc5c(c4)CN(C4CCC(=O)NC4=O)C5=O)CC3)c(C(F)(F)F)c2)c1. The summed E-state index contributed by atoms with van der Waals surface area (Å²) in [4.78, 5) is 46.3. The van der Waals surface area contributed by atoms with Crippen molar-refractivity contribution < 1.29 is 27.6 Å². The number of carbonyl (C=O) groups excluding carboxylic acids is 3. The third kappa shape index (κ3) is 6.57. The van der Waals surface area contributed by atoms with Gasteiger partial charge in [0.15, 0.2) is 0 Å². The zero-order chi connectivity index (χ0) is 32.6. The number of imide groups is 1. The lowest BCUT2D eigenvalue weighted by molar-refractivity contribution is -0.138. The van der Waals surface area contributed by atoms with Crippen LogP contribution in [0.25, 0.3) is 11.1 Å². The van der Waals surface area contributed by atoms with Crippen LogP contribution in [0.15, 0.2) is 54.7 Å². The van der Waals surface area contributed by atoms with Gasteiger partial charge in [0.25, 0.3) is 5.91 Å². The summed E-state index contributed by atoms with van der Waals surface area (Å²) < 4.78 is 42.7. The lowest BCUT2D eigenvalue weighted by Crippen LogP contribution is -2.52. The van der Waals surface area contributed by atoms with E-state index in [0.29, 0.717) is 61.8 Å². The van der Waals surface area contributed by atoms with Gasteiger partial charge in [0.2, 0.25) is 11.8 Å². The Morgan fingerprint density at radius 1 is 1.00 bits per heavy atom. The molecule has 2 N–H and O–H groups in total. The highest BCUT2D eigenvalue weighted by molar-refractivity contribution is 6.05. The van der Waals surface area contributed by atoms with E-state index < -0.39 is 23.7 Å². The van der Waals surface area contributed by atoms with Gasteiger partial charge in [-0.25, -0.2) is 4.98 Å². The Bertz CT molecular complexity index is 1650. The van der Waals surface area contributed by atoms with Gasteiger partial charge >= 0.3 is 6.18 Å². The van der Waals surface area contributed by atoms with Gasteiger partial charge in [-0.05, 0) is 72.7 Å². The van der Waals surface area contributed by atoms with Crippen molar-refractivity contribution in [3.8, 4) is 11.1 Å². The molecule has 1 aromatic heterocycles. The zero-order valence-corrected chi connectivity index (χ0v) is 25.9. The number of hydrogen-bond acceptors (Lipinski definition) is 7. The van der Waals surface area contributed by atoms with Gasteiger partial charge in [0, 0.05) is 69.7 Å². The standard InChI is InChI=1S/C34H37F3N6O3/c1-41(2)26-5-3-4-23(15-26)24-16-28(34(35,36)37)31(39-19-24)42-12-10-21(11-13-42)17-38-18-22-6-7-27-25(14-22)20-43(33(27)46)29-8-9-30(44)40-32(29)45/h3-7,14-16,19,21,29,38H,8-13,17-18,20H2,1-2H3,(H,40,44,45). The van der Waals surface area contributed by atoms with Gasteiger partial charge in [0.1, 0.15) is 11.9 Å². The Labute approximate surface area is 265 Å². The summed E-state index contributed by atoms with van der Waals surface area (Å²) in [7, 11) is 3.77. The number of nitrogens with zero attached hydrogens (tertiary/aromatic N) is 4. The van der Waals surface area contributed by atoms with Gasteiger partial charge in [-0.2, -0.15) is 13.2 Å². The Morgan fingerprint density at radius 3 is 2.50 bits per heavy atom. The van der Waals surface area contributed by atoms with Crippen LogP contribution >= 0.6 is 0 Å². The maximum absolute atomic E-state index is 14.2. The molecule has 0 aliphatic carbocycles. The number of anilines is 2. The predicted molar refractivity (Wildman–Crippen MR) is 168 cm³/mol. The molecule has 2 fully saturated rings. The number of hydrogen-bond donors (Lipinski definition) is 2. The average Bonchev–Trinajstić information content (AvgIpc) is 3.35. The van der Waals surface area contributed by atoms with Crippen LogP contribution in [0.5, 0.6) is 0 Å². The molecule has 46 heavy (non-hydrogen) atoms. The molecule has 12 heteroatoms. The van der Waals surface area contributed by atoms with E-state index in [9.17, 15) is 27.6 Å². The second-order valence-electron chi connectivity index (χ2n) is 12.5. The second-order valence-corrected chi connectivity index (χ2v) is 12.5. The molecule has 242 valence electrons. The maximum atomic E-state index is 14.2. The molecule has 0 spiro atoms. The van der Waals surface area contributed by atoms with Crippen LogP contribution in [0.1, 0.15) is 52.7 Å². The molecule has 9 nitrogen and oxygen atoms in total. The highest BCUT2D eigenvalue weighted by Crippen LogP contribution is 2.39. The number of rotatable bonds is 8. The maximum Gasteiger partial charge on any atom is 0.419 e. The summed E-state index contributed by atoms with van der Waals surface area (Å²) in [6, 6.07) is 13.6. The number of fused-ring (bicyclic) bond motifs is 1. The van der Waals surface area contributed by atoms with Crippen LogP contribution in [-0.2, 0) is 28.9 Å². The molecule has 6 rings (SSSR count). The van der Waals surface area contributed by atoms with Crippen molar-refractivity contribution in [3.63, 3.8) is 0 Å². The third-order valence-electron chi connectivity index (χ3n) is 9.13. The number of alkyl halides is 3. The summed E-state index contributed by atoms with van der Waals surface area (Å²) in [5, 5.41) is 5.79. The number of amides is 3. The highest BCUT2D eigenvalue weighted by Gasteiger charge is 2.39. The van der Waals surface area contributed by atoms with Crippen LogP contribution in [0.3, 0.4) is 0 Å². The second kappa shape index (κ2) is 12.7. The quantitative estimate of drug-likeness (QED) is 0.350. The molecule has 4 heterocycles. The number of carbonyl (C=O) groups is 3. The molecule has 1 atom stereocenters. The minimum atomic E-state index is -4.53. The Balaban J connectivity index is 1.04.